The first-order valence-electron chi connectivity index (χ1n) is 12.0. The monoisotopic (exact) mass is 476 g/mol. The predicted molar refractivity (Wildman–Crippen MR) is 135 cm³/mol. The number of aromatic hydroxyl groups is 1. The molecule has 0 aromatic heterocycles. The van der Waals surface area contributed by atoms with Gasteiger partial charge in [-0.05, 0) is 56.4 Å². The van der Waals surface area contributed by atoms with E-state index in [9.17, 15) is 14.3 Å². The Kier molecular flexibility index (Phi) is 7.13. The van der Waals surface area contributed by atoms with E-state index < -0.39 is 17.0 Å². The third-order valence-electron chi connectivity index (χ3n) is 7.30. The highest BCUT2D eigenvalue weighted by Gasteiger charge is 2.43. The lowest BCUT2D eigenvalue weighted by Gasteiger charge is -2.40. The minimum absolute atomic E-state index is 0.0653. The number of amides is 1. The topological polar surface area (TPSA) is 75.8 Å². The van der Waals surface area contributed by atoms with Gasteiger partial charge in [0.25, 0.3) is 0 Å². The number of primary amides is 1. The maximum absolute atomic E-state index is 14.2. The normalized spacial score (nSPS) is 16.8. The summed E-state index contributed by atoms with van der Waals surface area (Å²) in [5.41, 5.74) is 6.70. The molecule has 3 N–H and O–H groups in total. The van der Waals surface area contributed by atoms with E-state index in [2.05, 4.69) is 18.7 Å². The van der Waals surface area contributed by atoms with Gasteiger partial charge in [0.2, 0.25) is 11.7 Å². The van der Waals surface area contributed by atoms with Crippen LogP contribution in [0.4, 0.5) is 4.39 Å². The highest BCUT2D eigenvalue weighted by atomic mass is 19.1. The molecule has 0 unspecified atom stereocenters. The van der Waals surface area contributed by atoms with E-state index in [0.717, 1.165) is 24.1 Å². The molecule has 1 saturated heterocycles. The van der Waals surface area contributed by atoms with Crippen molar-refractivity contribution in [1.82, 2.24) is 4.90 Å². The molecule has 35 heavy (non-hydrogen) atoms. The number of nitrogens with two attached hydrogens (primary N) is 1. The first kappa shape index (κ1) is 24.7. The molecule has 6 heteroatoms. The van der Waals surface area contributed by atoms with Crippen molar-refractivity contribution in [3.63, 3.8) is 0 Å². The fourth-order valence-corrected chi connectivity index (χ4v) is 5.10. The van der Waals surface area contributed by atoms with Crippen LogP contribution >= 0.6 is 0 Å². The Morgan fingerprint density at radius 1 is 1.00 bits per heavy atom. The van der Waals surface area contributed by atoms with Gasteiger partial charge in [-0.25, -0.2) is 0 Å². The second-order valence-electron chi connectivity index (χ2n) is 9.88. The summed E-state index contributed by atoms with van der Waals surface area (Å²) >= 11 is 0. The number of hydrogen-bond donors (Lipinski definition) is 2. The number of phenols is 1. The molecule has 0 radical (unpaired) electrons. The lowest BCUT2D eigenvalue weighted by atomic mass is 9.69. The number of halogens is 1. The Hall–Kier alpha value is -3.38. The zero-order valence-electron chi connectivity index (χ0n) is 20.3. The van der Waals surface area contributed by atoms with Gasteiger partial charge in [-0.2, -0.15) is 4.39 Å². The Bertz CT molecular complexity index is 1110. The zero-order valence-corrected chi connectivity index (χ0v) is 20.3. The standard InChI is InChI=1S/C29H33FN2O3/c1-28(2,32-19-16-23(20-32)35-25-15-9-14-24(33)26(25)30)17-18-29(27(31)34,21-10-5-3-6-11-21)22-12-7-4-8-13-22/h3-15,23,33H,16-20H2,1-2H3,(H2,31,34)/t23-/m1/s1. The van der Waals surface area contributed by atoms with Gasteiger partial charge in [-0.1, -0.05) is 66.7 Å². The molecule has 1 aliphatic rings. The van der Waals surface area contributed by atoms with Gasteiger partial charge < -0.3 is 15.6 Å². The fourth-order valence-electron chi connectivity index (χ4n) is 5.10. The molecular formula is C29H33FN2O3. The number of ether oxygens (including phenoxy) is 1. The molecule has 1 atom stereocenters. The number of benzene rings is 3. The van der Waals surface area contributed by atoms with E-state index in [-0.39, 0.29) is 23.3 Å². The van der Waals surface area contributed by atoms with Crippen LogP contribution in [-0.4, -0.2) is 40.6 Å². The van der Waals surface area contributed by atoms with Crippen LogP contribution in [0.5, 0.6) is 11.5 Å². The highest BCUT2D eigenvalue weighted by molar-refractivity contribution is 5.90. The lowest BCUT2D eigenvalue weighted by molar-refractivity contribution is -0.122. The van der Waals surface area contributed by atoms with Crippen molar-refractivity contribution in [3.05, 3.63) is 95.8 Å². The highest BCUT2D eigenvalue weighted by Crippen LogP contribution is 2.40. The van der Waals surface area contributed by atoms with E-state index in [1.807, 2.05) is 60.7 Å². The smallest absolute Gasteiger partial charge is 0.232 e. The third kappa shape index (κ3) is 5.03. The predicted octanol–water partition coefficient (Wildman–Crippen LogP) is 5.01. The average molecular weight is 477 g/mol. The molecule has 0 bridgehead atoms. The van der Waals surface area contributed by atoms with Crippen LogP contribution in [0.25, 0.3) is 0 Å². The fraction of sp³-hybridized carbons (Fsp3) is 0.345. The molecule has 1 fully saturated rings. The van der Waals surface area contributed by atoms with Crippen molar-refractivity contribution >= 4 is 5.91 Å². The van der Waals surface area contributed by atoms with Gasteiger partial charge in [0.1, 0.15) is 6.10 Å². The van der Waals surface area contributed by atoms with Crippen LogP contribution in [0.15, 0.2) is 78.9 Å². The summed E-state index contributed by atoms with van der Waals surface area (Å²) in [5.74, 6) is -1.45. The summed E-state index contributed by atoms with van der Waals surface area (Å²) in [4.78, 5) is 15.4. The Morgan fingerprint density at radius 3 is 2.17 bits per heavy atom. The van der Waals surface area contributed by atoms with Gasteiger partial charge in [0, 0.05) is 18.6 Å². The summed E-state index contributed by atoms with van der Waals surface area (Å²) in [6.45, 7) is 5.73. The molecule has 4 rings (SSSR count). The molecule has 3 aromatic rings. The Morgan fingerprint density at radius 2 is 1.60 bits per heavy atom. The second-order valence-corrected chi connectivity index (χ2v) is 9.88. The van der Waals surface area contributed by atoms with Crippen LogP contribution in [0.2, 0.25) is 0 Å². The van der Waals surface area contributed by atoms with Gasteiger partial charge in [-0.15, -0.1) is 0 Å². The number of carbonyl (C=O) groups is 1. The van der Waals surface area contributed by atoms with E-state index in [1.165, 1.54) is 12.1 Å². The molecule has 1 heterocycles. The summed E-state index contributed by atoms with van der Waals surface area (Å²) in [6.07, 6.45) is 1.82. The van der Waals surface area contributed by atoms with Crippen LogP contribution in [0.3, 0.4) is 0 Å². The summed E-state index contributed by atoms with van der Waals surface area (Å²) in [7, 11) is 0. The van der Waals surface area contributed by atoms with E-state index in [1.54, 1.807) is 6.07 Å². The average Bonchev–Trinajstić information content (AvgIpc) is 3.33. The number of hydrogen-bond acceptors (Lipinski definition) is 4. The summed E-state index contributed by atoms with van der Waals surface area (Å²) in [5, 5.41) is 9.63. The SMILES string of the molecule is CC(C)(CCC(C(N)=O)(c1ccccc1)c1ccccc1)N1CC[C@@H](Oc2cccc(O)c2F)C1. The first-order chi connectivity index (χ1) is 16.7. The van der Waals surface area contributed by atoms with Crippen molar-refractivity contribution in [2.45, 2.75) is 50.2 Å². The number of rotatable bonds is 9. The maximum Gasteiger partial charge on any atom is 0.232 e. The number of carbonyl (C=O) groups excluding carboxylic acids is 1. The van der Waals surface area contributed by atoms with Crippen molar-refractivity contribution in [1.29, 1.82) is 0 Å². The van der Waals surface area contributed by atoms with Crippen LogP contribution in [0, 0.1) is 5.82 Å². The molecule has 0 spiro atoms. The molecule has 184 valence electrons. The maximum atomic E-state index is 14.2. The summed E-state index contributed by atoms with van der Waals surface area (Å²) in [6, 6.07) is 23.9. The van der Waals surface area contributed by atoms with Crippen LogP contribution < -0.4 is 10.5 Å². The Balaban J connectivity index is 1.53. The minimum atomic E-state index is -0.944. The Labute approximate surface area is 206 Å². The van der Waals surface area contributed by atoms with Crippen LogP contribution in [-0.2, 0) is 10.2 Å². The van der Waals surface area contributed by atoms with Gasteiger partial charge in [0.05, 0.1) is 5.41 Å². The number of phenolic OH excluding ortho intramolecular Hbond substituents is 1. The molecule has 1 aliphatic heterocycles. The van der Waals surface area contributed by atoms with E-state index in [4.69, 9.17) is 10.5 Å². The molecule has 5 nitrogen and oxygen atoms in total. The largest absolute Gasteiger partial charge is 0.505 e. The summed E-state index contributed by atoms with van der Waals surface area (Å²) < 4.78 is 20.1. The number of nitrogens with zero attached hydrogens (tertiary/aromatic N) is 1. The lowest BCUT2D eigenvalue weighted by Crippen LogP contribution is -2.47. The van der Waals surface area contributed by atoms with Crippen LogP contribution in [0.1, 0.15) is 44.2 Å². The van der Waals surface area contributed by atoms with Gasteiger partial charge >= 0.3 is 0 Å². The van der Waals surface area contributed by atoms with Gasteiger partial charge in [-0.3, -0.25) is 9.69 Å². The first-order valence-corrected chi connectivity index (χ1v) is 12.0. The molecular weight excluding hydrogens is 443 g/mol. The van der Waals surface area contributed by atoms with E-state index in [0.29, 0.717) is 19.4 Å². The third-order valence-corrected chi connectivity index (χ3v) is 7.30. The van der Waals surface area contributed by atoms with Crippen molar-refractivity contribution in [2.75, 3.05) is 13.1 Å². The van der Waals surface area contributed by atoms with E-state index >= 15 is 0 Å². The quantitative estimate of drug-likeness (QED) is 0.455. The van der Waals surface area contributed by atoms with Gasteiger partial charge in [0.15, 0.2) is 11.5 Å². The molecule has 1 amide bonds. The zero-order chi connectivity index (χ0) is 25.1. The minimum Gasteiger partial charge on any atom is -0.505 e. The van der Waals surface area contributed by atoms with Crippen molar-refractivity contribution < 1.29 is 19.0 Å². The molecule has 0 saturated carbocycles. The molecule has 3 aromatic carbocycles. The number of likely N-dealkylation sites (tertiary alicyclic amines) is 1. The second kappa shape index (κ2) is 10.1. The van der Waals surface area contributed by atoms with Crippen molar-refractivity contribution in [3.8, 4) is 11.5 Å². The molecule has 0 aliphatic carbocycles. The van der Waals surface area contributed by atoms with Crippen molar-refractivity contribution in [2.24, 2.45) is 5.73 Å².